The Hall–Kier alpha value is -1.01. The molecule has 0 saturated heterocycles. The van der Waals surface area contributed by atoms with E-state index in [4.69, 9.17) is 4.74 Å². The average molecular weight is 210 g/mol. The molecule has 0 N–H and O–H groups in total. The topological polar surface area (TPSA) is 26.3 Å². The van der Waals surface area contributed by atoms with Crippen LogP contribution >= 0.6 is 0 Å². The summed E-state index contributed by atoms with van der Waals surface area (Å²) in [5.41, 5.74) is 3.72. The van der Waals surface area contributed by atoms with Gasteiger partial charge < -0.3 is 4.74 Å². The smallest absolute Gasteiger partial charge is 0.334 e. The molecule has 0 fully saturated rings. The molecule has 0 aliphatic rings. The largest absolute Gasteiger partial charge is 0.463 e. The number of carbonyl (C=O) groups excluding carboxylic acids is 1. The van der Waals surface area contributed by atoms with Crippen LogP contribution in [0, 0.1) is 11.5 Å². The van der Waals surface area contributed by atoms with Crippen LogP contribution in [0.15, 0.2) is 11.6 Å². The standard InChI is InChI=1S/C11H18O2Si/c1-6-13-11(12)10(2)8-7-9-14(3,4)5/h8H,6H2,1-5H3/b10-8+. The van der Waals surface area contributed by atoms with Crippen LogP contribution in [-0.4, -0.2) is 20.7 Å². The van der Waals surface area contributed by atoms with Gasteiger partial charge in [0.15, 0.2) is 0 Å². The number of rotatable bonds is 2. The summed E-state index contributed by atoms with van der Waals surface area (Å²) < 4.78 is 4.82. The predicted octanol–water partition coefficient (Wildman–Crippen LogP) is 2.38. The van der Waals surface area contributed by atoms with Crippen molar-refractivity contribution >= 4 is 14.0 Å². The van der Waals surface area contributed by atoms with Crippen molar-refractivity contribution in [3.8, 4) is 11.5 Å². The van der Waals surface area contributed by atoms with Crippen LogP contribution in [0.1, 0.15) is 13.8 Å². The molecule has 0 aliphatic heterocycles. The molecule has 0 radical (unpaired) electrons. The van der Waals surface area contributed by atoms with Crippen LogP contribution in [0.2, 0.25) is 19.6 Å². The quantitative estimate of drug-likeness (QED) is 0.303. The highest BCUT2D eigenvalue weighted by molar-refractivity contribution is 6.83. The Kier molecular flexibility index (Phi) is 5.25. The fraction of sp³-hybridized carbons (Fsp3) is 0.545. The van der Waals surface area contributed by atoms with E-state index in [1.54, 1.807) is 19.9 Å². The van der Waals surface area contributed by atoms with Gasteiger partial charge in [-0.15, -0.1) is 5.54 Å². The molecule has 0 amide bonds. The zero-order valence-electron chi connectivity index (χ0n) is 9.60. The van der Waals surface area contributed by atoms with Crippen LogP contribution in [-0.2, 0) is 9.53 Å². The van der Waals surface area contributed by atoms with Gasteiger partial charge in [0.1, 0.15) is 8.07 Å². The van der Waals surface area contributed by atoms with Gasteiger partial charge in [0, 0.05) is 5.57 Å². The van der Waals surface area contributed by atoms with Crippen molar-refractivity contribution < 1.29 is 9.53 Å². The summed E-state index contributed by atoms with van der Waals surface area (Å²) in [6.07, 6.45) is 1.64. The van der Waals surface area contributed by atoms with Crippen molar-refractivity contribution in [3.63, 3.8) is 0 Å². The van der Waals surface area contributed by atoms with Crippen LogP contribution in [0.5, 0.6) is 0 Å². The molecule has 3 heteroatoms. The SMILES string of the molecule is CCOC(=O)/C(C)=C/C#C[Si](C)(C)C. The van der Waals surface area contributed by atoms with Gasteiger partial charge in [-0.1, -0.05) is 25.6 Å². The molecular formula is C11H18O2Si. The van der Waals surface area contributed by atoms with E-state index in [9.17, 15) is 4.79 Å². The minimum absolute atomic E-state index is 0.280. The first kappa shape index (κ1) is 13.0. The maximum absolute atomic E-state index is 11.2. The number of ether oxygens (including phenoxy) is 1. The van der Waals surface area contributed by atoms with Crippen molar-refractivity contribution in [3.05, 3.63) is 11.6 Å². The molecule has 2 nitrogen and oxygen atoms in total. The first-order chi connectivity index (χ1) is 6.37. The van der Waals surface area contributed by atoms with Crippen molar-refractivity contribution in [2.45, 2.75) is 33.5 Å². The van der Waals surface area contributed by atoms with Gasteiger partial charge in [0.05, 0.1) is 6.61 Å². The molecule has 0 rings (SSSR count). The van der Waals surface area contributed by atoms with E-state index in [0.717, 1.165) is 0 Å². The highest BCUT2D eigenvalue weighted by atomic mass is 28.3. The van der Waals surface area contributed by atoms with E-state index in [2.05, 4.69) is 31.1 Å². The first-order valence-electron chi connectivity index (χ1n) is 4.73. The second-order valence-corrected chi connectivity index (χ2v) is 8.82. The Morgan fingerprint density at radius 1 is 1.43 bits per heavy atom. The third-order valence-electron chi connectivity index (χ3n) is 1.33. The highest BCUT2D eigenvalue weighted by Gasteiger charge is 2.07. The maximum Gasteiger partial charge on any atom is 0.334 e. The van der Waals surface area contributed by atoms with Crippen LogP contribution < -0.4 is 0 Å². The van der Waals surface area contributed by atoms with Gasteiger partial charge in [0.25, 0.3) is 0 Å². The van der Waals surface area contributed by atoms with E-state index in [0.29, 0.717) is 12.2 Å². The molecule has 0 aromatic carbocycles. The molecule has 0 spiro atoms. The van der Waals surface area contributed by atoms with Crippen molar-refractivity contribution in [1.29, 1.82) is 0 Å². The molecule has 0 atom stereocenters. The second-order valence-electron chi connectivity index (χ2n) is 4.07. The Balaban J connectivity index is 4.37. The van der Waals surface area contributed by atoms with Gasteiger partial charge in [-0.3, -0.25) is 0 Å². The van der Waals surface area contributed by atoms with Crippen LogP contribution in [0.4, 0.5) is 0 Å². The third-order valence-corrected chi connectivity index (χ3v) is 2.23. The molecule has 14 heavy (non-hydrogen) atoms. The minimum atomic E-state index is -1.34. The fourth-order valence-electron chi connectivity index (χ4n) is 0.665. The number of allylic oxidation sites excluding steroid dienone is 1. The molecule has 78 valence electrons. The maximum atomic E-state index is 11.2. The minimum Gasteiger partial charge on any atom is -0.463 e. The Bertz CT molecular complexity index is 287. The summed E-state index contributed by atoms with van der Waals surface area (Å²) in [6.45, 7) is 10.4. The zero-order chi connectivity index (χ0) is 11.2. The first-order valence-corrected chi connectivity index (χ1v) is 8.23. The predicted molar refractivity (Wildman–Crippen MR) is 61.5 cm³/mol. The molecule has 0 aromatic rings. The highest BCUT2D eigenvalue weighted by Crippen LogP contribution is 1.98. The number of esters is 1. The van der Waals surface area contributed by atoms with Crippen molar-refractivity contribution in [1.82, 2.24) is 0 Å². The summed E-state index contributed by atoms with van der Waals surface area (Å²) >= 11 is 0. The number of hydrogen-bond acceptors (Lipinski definition) is 2. The van der Waals surface area contributed by atoms with Crippen molar-refractivity contribution in [2.75, 3.05) is 6.61 Å². The molecule has 0 unspecified atom stereocenters. The lowest BCUT2D eigenvalue weighted by Gasteiger charge is -2.02. The molecule has 0 heterocycles. The van der Waals surface area contributed by atoms with Gasteiger partial charge in [0.2, 0.25) is 0 Å². The molecule has 0 aromatic heterocycles. The summed E-state index contributed by atoms with van der Waals surface area (Å²) in [5, 5.41) is 0. The summed E-state index contributed by atoms with van der Waals surface area (Å²) in [4.78, 5) is 11.2. The Labute approximate surface area is 87.4 Å². The molecular weight excluding hydrogens is 192 g/mol. The average Bonchev–Trinajstić information content (AvgIpc) is 2.02. The van der Waals surface area contributed by atoms with Gasteiger partial charge in [-0.25, -0.2) is 4.79 Å². The van der Waals surface area contributed by atoms with Crippen LogP contribution in [0.25, 0.3) is 0 Å². The van der Waals surface area contributed by atoms with E-state index >= 15 is 0 Å². The van der Waals surface area contributed by atoms with E-state index in [1.807, 2.05) is 0 Å². The number of hydrogen-bond donors (Lipinski definition) is 0. The fourth-order valence-corrected chi connectivity index (χ4v) is 1.17. The third kappa shape index (κ3) is 6.50. The lowest BCUT2D eigenvalue weighted by molar-refractivity contribution is -0.138. The molecule has 0 saturated carbocycles. The van der Waals surface area contributed by atoms with E-state index in [1.165, 1.54) is 0 Å². The van der Waals surface area contributed by atoms with Gasteiger partial charge >= 0.3 is 5.97 Å². The number of carbonyl (C=O) groups is 1. The Morgan fingerprint density at radius 2 is 2.00 bits per heavy atom. The van der Waals surface area contributed by atoms with Crippen molar-refractivity contribution in [2.24, 2.45) is 0 Å². The van der Waals surface area contributed by atoms with Crippen LogP contribution in [0.3, 0.4) is 0 Å². The lowest BCUT2D eigenvalue weighted by atomic mass is 10.3. The molecule has 0 bridgehead atoms. The second kappa shape index (κ2) is 5.66. The van der Waals surface area contributed by atoms with E-state index < -0.39 is 8.07 Å². The van der Waals surface area contributed by atoms with Gasteiger partial charge in [-0.2, -0.15) is 0 Å². The molecule has 0 aliphatic carbocycles. The normalized spacial score (nSPS) is 11.6. The summed E-state index contributed by atoms with van der Waals surface area (Å²) in [7, 11) is -1.34. The monoisotopic (exact) mass is 210 g/mol. The lowest BCUT2D eigenvalue weighted by Crippen LogP contribution is -2.16. The summed E-state index contributed by atoms with van der Waals surface area (Å²) in [6, 6.07) is 0. The zero-order valence-corrected chi connectivity index (χ0v) is 10.6. The van der Waals surface area contributed by atoms with Gasteiger partial charge in [-0.05, 0) is 19.9 Å². The Morgan fingerprint density at radius 3 is 2.43 bits per heavy atom. The summed E-state index contributed by atoms with van der Waals surface area (Å²) in [5.74, 6) is 2.63. The van der Waals surface area contributed by atoms with E-state index in [-0.39, 0.29) is 5.97 Å².